The van der Waals surface area contributed by atoms with Gasteiger partial charge < -0.3 is 10.1 Å². The maximum atomic E-state index is 12.4. The lowest BCUT2D eigenvalue weighted by Crippen LogP contribution is -2.45. The number of ether oxygens (including phenoxy) is 1. The van der Waals surface area contributed by atoms with Gasteiger partial charge in [0.2, 0.25) is 5.91 Å². The molecule has 0 aromatic heterocycles. The van der Waals surface area contributed by atoms with Gasteiger partial charge in [-0.05, 0) is 30.4 Å². The number of carbonyl (C=O) groups is 1. The molecule has 4 nitrogen and oxygen atoms in total. The Balaban J connectivity index is 1.59. The van der Waals surface area contributed by atoms with Crippen LogP contribution in [-0.4, -0.2) is 42.6 Å². The molecule has 3 atom stereocenters. The molecule has 4 heteroatoms. The maximum absolute atomic E-state index is 12.4. The van der Waals surface area contributed by atoms with Crippen LogP contribution in [-0.2, 0) is 16.1 Å². The highest BCUT2D eigenvalue weighted by atomic mass is 16.5. The van der Waals surface area contributed by atoms with Gasteiger partial charge in [0.1, 0.15) is 0 Å². The zero-order valence-corrected chi connectivity index (χ0v) is 14.4. The van der Waals surface area contributed by atoms with Gasteiger partial charge in [0, 0.05) is 26.2 Å². The number of carbonyl (C=O) groups excluding carboxylic acids is 1. The quantitative estimate of drug-likeness (QED) is 0.907. The van der Waals surface area contributed by atoms with Gasteiger partial charge in [-0.2, -0.15) is 0 Å². The molecule has 3 unspecified atom stereocenters. The van der Waals surface area contributed by atoms with Crippen molar-refractivity contribution < 1.29 is 9.53 Å². The van der Waals surface area contributed by atoms with E-state index in [4.69, 9.17) is 4.74 Å². The molecule has 2 bridgehead atoms. The standard InChI is InChI=1S/C19H28N2O2/c1-13(2)9-20-19(22)17-8-16-11-21(12-18(17)23-16)10-15-7-5-4-6-14(15)3/h4-7,13,16-18H,8-12H2,1-3H3,(H,20,22). The van der Waals surface area contributed by atoms with Crippen LogP contribution in [0.5, 0.6) is 0 Å². The van der Waals surface area contributed by atoms with E-state index in [9.17, 15) is 4.79 Å². The van der Waals surface area contributed by atoms with Crippen LogP contribution in [0.1, 0.15) is 31.4 Å². The van der Waals surface area contributed by atoms with Crippen molar-refractivity contribution in [2.24, 2.45) is 11.8 Å². The fraction of sp³-hybridized carbons (Fsp3) is 0.632. The fourth-order valence-corrected chi connectivity index (χ4v) is 3.61. The molecule has 0 saturated carbocycles. The van der Waals surface area contributed by atoms with Crippen molar-refractivity contribution in [3.8, 4) is 0 Å². The van der Waals surface area contributed by atoms with Crippen LogP contribution in [0.4, 0.5) is 0 Å². The van der Waals surface area contributed by atoms with Crippen molar-refractivity contribution in [3.05, 3.63) is 35.4 Å². The molecule has 2 heterocycles. The molecule has 0 spiro atoms. The van der Waals surface area contributed by atoms with Crippen LogP contribution in [0, 0.1) is 18.8 Å². The molecule has 2 fully saturated rings. The summed E-state index contributed by atoms with van der Waals surface area (Å²) in [4.78, 5) is 14.8. The van der Waals surface area contributed by atoms with E-state index in [0.29, 0.717) is 5.92 Å². The number of nitrogens with zero attached hydrogens (tertiary/aromatic N) is 1. The highest BCUT2D eigenvalue weighted by Gasteiger charge is 2.44. The molecule has 1 N–H and O–H groups in total. The highest BCUT2D eigenvalue weighted by molar-refractivity contribution is 5.79. The summed E-state index contributed by atoms with van der Waals surface area (Å²) in [6, 6.07) is 8.53. The monoisotopic (exact) mass is 316 g/mol. The van der Waals surface area contributed by atoms with Gasteiger partial charge in [0.15, 0.2) is 0 Å². The number of hydrogen-bond acceptors (Lipinski definition) is 3. The Morgan fingerprint density at radius 3 is 2.87 bits per heavy atom. The average molecular weight is 316 g/mol. The number of likely N-dealkylation sites (tertiary alicyclic amines) is 1. The largest absolute Gasteiger partial charge is 0.371 e. The number of amides is 1. The van der Waals surface area contributed by atoms with Gasteiger partial charge in [-0.1, -0.05) is 38.1 Å². The highest BCUT2D eigenvalue weighted by Crippen LogP contribution is 2.32. The van der Waals surface area contributed by atoms with Crippen molar-refractivity contribution >= 4 is 5.91 Å². The van der Waals surface area contributed by atoms with E-state index in [1.54, 1.807) is 0 Å². The number of rotatable bonds is 5. The normalized spacial score (nSPS) is 27.4. The minimum atomic E-state index is 0.0145. The van der Waals surface area contributed by atoms with Gasteiger partial charge in [-0.15, -0.1) is 0 Å². The molecule has 2 aliphatic heterocycles. The van der Waals surface area contributed by atoms with Crippen LogP contribution in [0.3, 0.4) is 0 Å². The number of aryl methyl sites for hydroxylation is 1. The number of fused-ring (bicyclic) bond motifs is 2. The Morgan fingerprint density at radius 2 is 2.13 bits per heavy atom. The summed E-state index contributed by atoms with van der Waals surface area (Å²) in [6.45, 7) is 9.88. The van der Waals surface area contributed by atoms with Crippen LogP contribution < -0.4 is 5.32 Å². The first-order chi connectivity index (χ1) is 11.0. The lowest BCUT2D eigenvalue weighted by atomic mass is 9.99. The summed E-state index contributed by atoms with van der Waals surface area (Å²) in [5.74, 6) is 0.669. The Bertz CT molecular complexity index is 558. The second-order valence-electron chi connectivity index (χ2n) is 7.40. The van der Waals surface area contributed by atoms with E-state index >= 15 is 0 Å². The zero-order chi connectivity index (χ0) is 16.4. The third-order valence-corrected chi connectivity index (χ3v) is 4.91. The first kappa shape index (κ1) is 16.5. The molecular formula is C19H28N2O2. The van der Waals surface area contributed by atoms with Crippen molar-refractivity contribution in [1.29, 1.82) is 0 Å². The van der Waals surface area contributed by atoms with Gasteiger partial charge in [0.05, 0.1) is 18.1 Å². The van der Waals surface area contributed by atoms with E-state index in [-0.39, 0.29) is 24.0 Å². The molecule has 2 aliphatic rings. The third kappa shape index (κ3) is 3.93. The summed E-state index contributed by atoms with van der Waals surface area (Å²) in [5.41, 5.74) is 2.70. The van der Waals surface area contributed by atoms with Gasteiger partial charge in [-0.3, -0.25) is 9.69 Å². The molecule has 1 amide bonds. The van der Waals surface area contributed by atoms with Crippen molar-refractivity contribution in [2.75, 3.05) is 19.6 Å². The van der Waals surface area contributed by atoms with Crippen LogP contribution in [0.15, 0.2) is 24.3 Å². The number of nitrogens with one attached hydrogen (secondary N) is 1. The summed E-state index contributed by atoms with van der Waals surface area (Å²) < 4.78 is 6.03. The second-order valence-corrected chi connectivity index (χ2v) is 7.40. The van der Waals surface area contributed by atoms with E-state index < -0.39 is 0 Å². The average Bonchev–Trinajstić information content (AvgIpc) is 2.82. The Hall–Kier alpha value is -1.39. The molecule has 1 aromatic rings. The van der Waals surface area contributed by atoms with Gasteiger partial charge in [0.25, 0.3) is 0 Å². The Morgan fingerprint density at radius 1 is 1.35 bits per heavy atom. The Kier molecular flexibility index (Phi) is 5.02. The first-order valence-electron chi connectivity index (χ1n) is 8.73. The molecule has 126 valence electrons. The summed E-state index contributed by atoms with van der Waals surface area (Å²) in [6.07, 6.45) is 1.11. The molecule has 3 rings (SSSR count). The summed E-state index contributed by atoms with van der Waals surface area (Å²) in [5, 5.41) is 3.07. The van der Waals surface area contributed by atoms with E-state index in [0.717, 1.165) is 32.6 Å². The topological polar surface area (TPSA) is 41.6 Å². The summed E-state index contributed by atoms with van der Waals surface area (Å²) in [7, 11) is 0. The lowest BCUT2D eigenvalue weighted by Gasteiger charge is -2.33. The van der Waals surface area contributed by atoms with Crippen LogP contribution in [0.25, 0.3) is 0 Å². The van der Waals surface area contributed by atoms with Crippen molar-refractivity contribution in [3.63, 3.8) is 0 Å². The van der Waals surface area contributed by atoms with E-state index in [1.807, 2.05) is 0 Å². The smallest absolute Gasteiger partial charge is 0.225 e. The van der Waals surface area contributed by atoms with E-state index in [1.165, 1.54) is 11.1 Å². The van der Waals surface area contributed by atoms with Crippen LogP contribution in [0.2, 0.25) is 0 Å². The first-order valence-corrected chi connectivity index (χ1v) is 8.73. The Labute approximate surface area is 139 Å². The van der Waals surface area contributed by atoms with E-state index in [2.05, 4.69) is 55.3 Å². The number of morpholine rings is 1. The third-order valence-electron chi connectivity index (χ3n) is 4.91. The maximum Gasteiger partial charge on any atom is 0.225 e. The summed E-state index contributed by atoms with van der Waals surface area (Å²) >= 11 is 0. The second kappa shape index (κ2) is 7.02. The minimum absolute atomic E-state index is 0.0145. The van der Waals surface area contributed by atoms with Crippen molar-refractivity contribution in [2.45, 2.75) is 45.9 Å². The van der Waals surface area contributed by atoms with Gasteiger partial charge in [-0.25, -0.2) is 0 Å². The van der Waals surface area contributed by atoms with Crippen molar-refractivity contribution in [1.82, 2.24) is 10.2 Å². The molecule has 1 aromatic carbocycles. The molecule has 0 aliphatic carbocycles. The predicted molar refractivity (Wildman–Crippen MR) is 91.1 cm³/mol. The van der Waals surface area contributed by atoms with Crippen LogP contribution >= 0.6 is 0 Å². The molecular weight excluding hydrogens is 288 g/mol. The molecule has 2 saturated heterocycles. The fourth-order valence-electron chi connectivity index (χ4n) is 3.61. The van der Waals surface area contributed by atoms with Gasteiger partial charge >= 0.3 is 0 Å². The molecule has 0 radical (unpaired) electrons. The number of benzene rings is 1. The molecule has 23 heavy (non-hydrogen) atoms. The number of hydrogen-bond donors (Lipinski definition) is 1. The lowest BCUT2D eigenvalue weighted by molar-refractivity contribution is -0.128. The minimum Gasteiger partial charge on any atom is -0.371 e. The zero-order valence-electron chi connectivity index (χ0n) is 14.4. The predicted octanol–water partition coefficient (Wildman–Crippen LogP) is 2.36. The SMILES string of the molecule is Cc1ccccc1CN1CC2CC(C(=O)NCC(C)C)C(C1)O2.